The summed E-state index contributed by atoms with van der Waals surface area (Å²) in [7, 11) is 0. The number of nitrogens with zero attached hydrogens (tertiary/aromatic N) is 1. The van der Waals surface area contributed by atoms with Gasteiger partial charge in [0, 0.05) is 31.7 Å². The van der Waals surface area contributed by atoms with Crippen molar-refractivity contribution in [3.8, 4) is 5.88 Å². The van der Waals surface area contributed by atoms with E-state index in [2.05, 4.69) is 4.98 Å². The maximum absolute atomic E-state index is 8.84. The summed E-state index contributed by atoms with van der Waals surface area (Å²) < 4.78 is 0. The summed E-state index contributed by atoms with van der Waals surface area (Å²) in [5.74, 6) is -0.00491. The van der Waals surface area contributed by atoms with Crippen molar-refractivity contribution in [2.24, 2.45) is 0 Å². The Morgan fingerprint density at radius 2 is 2.18 bits per heavy atom. The molecule has 0 spiro atoms. The zero-order chi connectivity index (χ0) is 7.56. The topological polar surface area (TPSA) is 53.4 Å². The molecule has 1 heterocycles. The van der Waals surface area contributed by atoms with E-state index in [1.54, 1.807) is 0 Å². The second kappa shape index (κ2) is 4.42. The van der Waals surface area contributed by atoms with Crippen LogP contribution in [0.1, 0.15) is 11.1 Å². The van der Waals surface area contributed by atoms with Gasteiger partial charge in [0.1, 0.15) is 0 Å². The standard InChI is InChI=1S/C7H9NO2.Rh/c1-5-2-7(10)8-3-6(5)4-9;/h2-3,9H,4H2,1H3,(H,8,10);. The Morgan fingerprint density at radius 3 is 2.64 bits per heavy atom. The predicted molar refractivity (Wildman–Crippen MR) is 36.6 cm³/mol. The van der Waals surface area contributed by atoms with E-state index < -0.39 is 0 Å². The third-order valence-electron chi connectivity index (χ3n) is 1.38. The van der Waals surface area contributed by atoms with Crippen LogP contribution in [0.15, 0.2) is 12.3 Å². The van der Waals surface area contributed by atoms with Crippen LogP contribution in [0, 0.1) is 6.92 Å². The largest absolute Gasteiger partial charge is 0.493 e. The molecular weight excluding hydrogens is 233 g/mol. The molecule has 1 aromatic rings. The van der Waals surface area contributed by atoms with Crippen LogP contribution >= 0.6 is 0 Å². The molecule has 1 radical (unpaired) electrons. The summed E-state index contributed by atoms with van der Waals surface area (Å²) >= 11 is 0. The number of hydrogen-bond donors (Lipinski definition) is 2. The molecule has 0 saturated carbocycles. The van der Waals surface area contributed by atoms with E-state index >= 15 is 0 Å². The molecule has 0 fully saturated rings. The normalized spacial score (nSPS) is 8.91. The average molecular weight is 242 g/mol. The Balaban J connectivity index is 0.000001000. The molecule has 1 aromatic heterocycles. The molecule has 0 aromatic carbocycles. The number of aliphatic hydroxyl groups is 1. The Kier molecular flexibility index (Phi) is 4.23. The molecule has 0 aliphatic carbocycles. The summed E-state index contributed by atoms with van der Waals surface area (Å²) in [6.07, 6.45) is 1.46. The molecule has 1 rings (SSSR count). The van der Waals surface area contributed by atoms with Crippen molar-refractivity contribution in [2.75, 3.05) is 0 Å². The van der Waals surface area contributed by atoms with E-state index in [9.17, 15) is 0 Å². The minimum absolute atomic E-state index is 0. The molecule has 0 atom stereocenters. The second-order valence-electron chi connectivity index (χ2n) is 2.13. The van der Waals surface area contributed by atoms with Crippen molar-refractivity contribution >= 4 is 0 Å². The van der Waals surface area contributed by atoms with Crippen molar-refractivity contribution in [3.05, 3.63) is 23.4 Å². The van der Waals surface area contributed by atoms with Crippen molar-refractivity contribution < 1.29 is 29.7 Å². The fraction of sp³-hybridized carbons (Fsp3) is 0.286. The molecule has 4 heteroatoms. The van der Waals surface area contributed by atoms with Gasteiger partial charge in [-0.15, -0.1) is 0 Å². The fourth-order valence-electron chi connectivity index (χ4n) is 0.735. The van der Waals surface area contributed by atoms with Crippen LogP contribution < -0.4 is 0 Å². The first kappa shape index (κ1) is 10.5. The van der Waals surface area contributed by atoms with E-state index in [4.69, 9.17) is 10.2 Å². The van der Waals surface area contributed by atoms with Crippen LogP contribution in [0.4, 0.5) is 0 Å². The van der Waals surface area contributed by atoms with Crippen LogP contribution in [0.2, 0.25) is 0 Å². The van der Waals surface area contributed by atoms with Gasteiger partial charge in [-0.1, -0.05) is 0 Å². The van der Waals surface area contributed by atoms with Crippen molar-refractivity contribution in [1.82, 2.24) is 4.98 Å². The third-order valence-corrected chi connectivity index (χ3v) is 1.38. The average Bonchev–Trinajstić information content (AvgIpc) is 1.88. The fourth-order valence-corrected chi connectivity index (χ4v) is 0.735. The minimum atomic E-state index is -0.0287. The van der Waals surface area contributed by atoms with Gasteiger partial charge in [0.15, 0.2) is 0 Å². The predicted octanol–water partition coefficient (Wildman–Crippen LogP) is 0.585. The molecule has 0 bridgehead atoms. The summed E-state index contributed by atoms with van der Waals surface area (Å²) in [6.45, 7) is 1.78. The summed E-state index contributed by atoms with van der Waals surface area (Å²) in [5.41, 5.74) is 1.60. The van der Waals surface area contributed by atoms with Gasteiger partial charge in [-0.25, -0.2) is 4.98 Å². The van der Waals surface area contributed by atoms with Crippen LogP contribution in [0.5, 0.6) is 5.88 Å². The van der Waals surface area contributed by atoms with E-state index in [0.29, 0.717) is 0 Å². The zero-order valence-corrected chi connectivity index (χ0v) is 7.68. The van der Waals surface area contributed by atoms with Crippen LogP contribution in [0.25, 0.3) is 0 Å². The third kappa shape index (κ3) is 2.56. The molecule has 0 saturated heterocycles. The summed E-state index contributed by atoms with van der Waals surface area (Å²) in [5, 5.41) is 17.5. The van der Waals surface area contributed by atoms with E-state index in [-0.39, 0.29) is 32.0 Å². The van der Waals surface area contributed by atoms with Gasteiger partial charge in [0.2, 0.25) is 5.88 Å². The molecule has 0 aliphatic rings. The van der Waals surface area contributed by atoms with Gasteiger partial charge < -0.3 is 10.2 Å². The Morgan fingerprint density at radius 1 is 1.55 bits per heavy atom. The van der Waals surface area contributed by atoms with Gasteiger partial charge in [0.25, 0.3) is 0 Å². The van der Waals surface area contributed by atoms with Gasteiger partial charge >= 0.3 is 0 Å². The van der Waals surface area contributed by atoms with E-state index in [0.717, 1.165) is 11.1 Å². The molecule has 3 nitrogen and oxygen atoms in total. The van der Waals surface area contributed by atoms with Gasteiger partial charge in [-0.2, -0.15) is 0 Å². The monoisotopic (exact) mass is 242 g/mol. The Bertz CT molecular complexity index is 240. The van der Waals surface area contributed by atoms with Crippen molar-refractivity contribution in [1.29, 1.82) is 0 Å². The quantitative estimate of drug-likeness (QED) is 0.708. The van der Waals surface area contributed by atoms with Gasteiger partial charge in [-0.05, 0) is 18.1 Å². The maximum Gasteiger partial charge on any atom is 0.210 e. The molecular formula is C7H9NO2Rh. The first-order valence-corrected chi connectivity index (χ1v) is 2.99. The number of aromatic hydroxyl groups is 1. The number of hydrogen-bond acceptors (Lipinski definition) is 3. The summed E-state index contributed by atoms with van der Waals surface area (Å²) in [6, 6.07) is 1.52. The van der Waals surface area contributed by atoms with Crippen molar-refractivity contribution in [3.63, 3.8) is 0 Å². The van der Waals surface area contributed by atoms with Crippen LogP contribution in [0.3, 0.4) is 0 Å². The van der Waals surface area contributed by atoms with Gasteiger partial charge in [-0.3, -0.25) is 0 Å². The number of rotatable bonds is 1. The molecule has 63 valence electrons. The summed E-state index contributed by atoms with van der Waals surface area (Å²) in [4.78, 5) is 3.61. The maximum atomic E-state index is 8.84. The Hall–Kier alpha value is -0.467. The molecule has 0 aliphatic heterocycles. The zero-order valence-electron chi connectivity index (χ0n) is 6.04. The number of aromatic nitrogens is 1. The minimum Gasteiger partial charge on any atom is -0.493 e. The molecule has 11 heavy (non-hydrogen) atoms. The van der Waals surface area contributed by atoms with Crippen molar-refractivity contribution in [2.45, 2.75) is 13.5 Å². The Labute approximate surface area is 77.9 Å². The second-order valence-corrected chi connectivity index (χ2v) is 2.13. The number of aryl methyl sites for hydroxylation is 1. The number of pyridine rings is 1. The SMILES string of the molecule is Cc1cc(O)ncc1CO.[Rh]. The first-order chi connectivity index (χ1) is 4.74. The number of aliphatic hydroxyl groups excluding tert-OH is 1. The van der Waals surface area contributed by atoms with Crippen LogP contribution in [-0.2, 0) is 26.1 Å². The first-order valence-electron chi connectivity index (χ1n) is 2.99. The van der Waals surface area contributed by atoms with E-state index in [1.807, 2.05) is 6.92 Å². The van der Waals surface area contributed by atoms with E-state index in [1.165, 1.54) is 12.3 Å². The smallest absolute Gasteiger partial charge is 0.210 e. The molecule has 2 N–H and O–H groups in total. The van der Waals surface area contributed by atoms with Gasteiger partial charge in [0.05, 0.1) is 6.61 Å². The molecule has 0 unspecified atom stereocenters. The molecule has 0 amide bonds. The van der Waals surface area contributed by atoms with Crippen LogP contribution in [-0.4, -0.2) is 15.2 Å².